The molecule has 1 fully saturated rings. The largest absolute Gasteiger partial charge is 0.481 e. The molecule has 0 aliphatic heterocycles. The highest BCUT2D eigenvalue weighted by Gasteiger charge is 2.49. The Labute approximate surface area is 122 Å². The van der Waals surface area contributed by atoms with Crippen molar-refractivity contribution in [3.05, 3.63) is 0 Å². The molecule has 0 radical (unpaired) electrons. The second kappa shape index (κ2) is 7.13. The fraction of sp³-hybridized carbons (Fsp3) is 0.857. The highest BCUT2D eigenvalue weighted by Crippen LogP contribution is 2.42. The number of alkyl halides is 3. The molecule has 0 aromatic carbocycles. The van der Waals surface area contributed by atoms with Gasteiger partial charge in [0.25, 0.3) is 0 Å². The van der Waals surface area contributed by atoms with Gasteiger partial charge in [-0.3, -0.25) is 9.59 Å². The van der Waals surface area contributed by atoms with Crippen molar-refractivity contribution in [2.75, 3.05) is 6.54 Å². The number of carbonyl (C=O) groups excluding carboxylic acids is 1. The molecule has 0 saturated heterocycles. The van der Waals surface area contributed by atoms with E-state index in [0.717, 1.165) is 0 Å². The lowest BCUT2D eigenvalue weighted by atomic mass is 9.77. The van der Waals surface area contributed by atoms with Gasteiger partial charge >= 0.3 is 12.1 Å². The third-order valence-electron chi connectivity index (χ3n) is 3.98. The van der Waals surface area contributed by atoms with Crippen LogP contribution < -0.4 is 0 Å². The smallest absolute Gasteiger partial charge is 0.392 e. The van der Waals surface area contributed by atoms with Crippen LogP contribution in [0.15, 0.2) is 0 Å². The number of hydrogen-bond donors (Lipinski definition) is 1. The lowest BCUT2D eigenvalue weighted by Gasteiger charge is -2.37. The molecule has 0 aromatic rings. The van der Waals surface area contributed by atoms with Crippen molar-refractivity contribution in [2.45, 2.75) is 58.2 Å². The Hall–Kier alpha value is -1.27. The van der Waals surface area contributed by atoms with Crippen molar-refractivity contribution in [3.63, 3.8) is 0 Å². The third-order valence-corrected chi connectivity index (χ3v) is 3.98. The van der Waals surface area contributed by atoms with Gasteiger partial charge in [0.2, 0.25) is 5.91 Å². The van der Waals surface area contributed by atoms with Crippen molar-refractivity contribution < 1.29 is 27.9 Å². The molecule has 2 atom stereocenters. The minimum Gasteiger partial charge on any atom is -0.481 e. The fourth-order valence-electron chi connectivity index (χ4n) is 2.87. The quantitative estimate of drug-likeness (QED) is 0.849. The molecule has 1 aliphatic carbocycles. The lowest BCUT2D eigenvalue weighted by Crippen LogP contribution is -2.47. The van der Waals surface area contributed by atoms with E-state index in [0.29, 0.717) is 12.8 Å². The maximum absolute atomic E-state index is 13.1. The Morgan fingerprint density at radius 1 is 1.24 bits per heavy atom. The molecule has 1 saturated carbocycles. The molecule has 2 unspecified atom stereocenters. The monoisotopic (exact) mass is 309 g/mol. The molecule has 1 aliphatic rings. The Bertz CT molecular complexity index is 382. The van der Waals surface area contributed by atoms with Crippen molar-refractivity contribution in [3.8, 4) is 0 Å². The first kappa shape index (κ1) is 17.8. The van der Waals surface area contributed by atoms with E-state index in [1.807, 2.05) is 0 Å². The zero-order valence-corrected chi connectivity index (χ0v) is 12.3. The minimum atomic E-state index is -4.38. The number of halogens is 3. The Balaban J connectivity index is 2.86. The maximum Gasteiger partial charge on any atom is 0.392 e. The summed E-state index contributed by atoms with van der Waals surface area (Å²) in [6, 6.07) is -0.312. The standard InChI is InChI=1S/C14H22F3NO3/c1-9(2)18(8-7-12(19)20)13(21)10-5-3-4-6-11(10)14(15,16)17/h9-11H,3-8H2,1-2H3,(H,19,20). The number of carbonyl (C=O) groups is 2. The molecule has 0 heterocycles. The molecule has 1 amide bonds. The average molecular weight is 309 g/mol. The second-order valence-corrected chi connectivity index (χ2v) is 5.81. The van der Waals surface area contributed by atoms with Gasteiger partial charge in [0, 0.05) is 18.5 Å². The van der Waals surface area contributed by atoms with Crippen LogP contribution in [0.1, 0.15) is 46.0 Å². The highest BCUT2D eigenvalue weighted by molar-refractivity contribution is 5.80. The van der Waals surface area contributed by atoms with Crippen molar-refractivity contribution >= 4 is 11.9 Å². The van der Waals surface area contributed by atoms with E-state index in [2.05, 4.69) is 0 Å². The van der Waals surface area contributed by atoms with E-state index in [1.165, 1.54) is 4.90 Å². The number of aliphatic carboxylic acids is 1. The summed E-state index contributed by atoms with van der Waals surface area (Å²) in [6.45, 7) is 3.32. The number of rotatable bonds is 5. The van der Waals surface area contributed by atoms with E-state index in [9.17, 15) is 22.8 Å². The number of hydrogen-bond acceptors (Lipinski definition) is 2. The molecule has 7 heteroatoms. The highest BCUT2D eigenvalue weighted by atomic mass is 19.4. The van der Waals surface area contributed by atoms with E-state index in [1.54, 1.807) is 13.8 Å². The molecule has 1 N–H and O–H groups in total. The van der Waals surface area contributed by atoms with Gasteiger partial charge in [-0.25, -0.2) is 0 Å². The van der Waals surface area contributed by atoms with Crippen molar-refractivity contribution in [1.29, 1.82) is 0 Å². The predicted octanol–water partition coefficient (Wildman–Crippen LogP) is 3.07. The van der Waals surface area contributed by atoms with Crippen LogP contribution in [0.3, 0.4) is 0 Å². The Morgan fingerprint density at radius 3 is 2.29 bits per heavy atom. The molecule has 21 heavy (non-hydrogen) atoms. The lowest BCUT2D eigenvalue weighted by molar-refractivity contribution is -0.201. The first-order chi connectivity index (χ1) is 9.64. The number of amides is 1. The van der Waals surface area contributed by atoms with E-state index < -0.39 is 29.9 Å². The second-order valence-electron chi connectivity index (χ2n) is 5.81. The topological polar surface area (TPSA) is 57.6 Å². The summed E-state index contributed by atoms with van der Waals surface area (Å²) in [4.78, 5) is 24.3. The van der Waals surface area contributed by atoms with Gasteiger partial charge in [0.15, 0.2) is 0 Å². The molecule has 0 bridgehead atoms. The minimum absolute atomic E-state index is 0.0230. The first-order valence-corrected chi connectivity index (χ1v) is 7.23. The summed E-state index contributed by atoms with van der Waals surface area (Å²) in [7, 11) is 0. The van der Waals surface area contributed by atoms with Gasteiger partial charge in [0.1, 0.15) is 0 Å². The van der Waals surface area contributed by atoms with Crippen LogP contribution in [-0.2, 0) is 9.59 Å². The normalized spacial score (nSPS) is 23.1. The summed E-state index contributed by atoms with van der Waals surface area (Å²) < 4.78 is 39.2. The van der Waals surface area contributed by atoms with E-state index in [4.69, 9.17) is 5.11 Å². The molecule has 1 rings (SSSR count). The third kappa shape index (κ3) is 4.89. The summed E-state index contributed by atoms with van der Waals surface area (Å²) in [5.41, 5.74) is 0. The number of carboxylic acid groups (broad SMARTS) is 1. The van der Waals surface area contributed by atoms with Gasteiger partial charge in [-0.1, -0.05) is 12.8 Å². The molecule has 122 valence electrons. The van der Waals surface area contributed by atoms with Gasteiger partial charge in [-0.15, -0.1) is 0 Å². The summed E-state index contributed by atoms with van der Waals surface area (Å²) in [6.07, 6.45) is -3.35. The van der Waals surface area contributed by atoms with Gasteiger partial charge < -0.3 is 10.0 Å². The predicted molar refractivity (Wildman–Crippen MR) is 70.6 cm³/mol. The van der Waals surface area contributed by atoms with Crippen LogP contribution >= 0.6 is 0 Å². The molecule has 0 spiro atoms. The number of carboxylic acids is 1. The molecule has 4 nitrogen and oxygen atoms in total. The number of nitrogens with zero attached hydrogens (tertiary/aromatic N) is 1. The maximum atomic E-state index is 13.1. The summed E-state index contributed by atoms with van der Waals surface area (Å²) in [5, 5.41) is 8.70. The van der Waals surface area contributed by atoms with Crippen LogP contribution in [0.25, 0.3) is 0 Å². The first-order valence-electron chi connectivity index (χ1n) is 7.23. The SMILES string of the molecule is CC(C)N(CCC(=O)O)C(=O)C1CCCCC1C(F)(F)F. The van der Waals surface area contributed by atoms with Crippen molar-refractivity contribution in [1.82, 2.24) is 4.90 Å². The summed E-state index contributed by atoms with van der Waals surface area (Å²) in [5.74, 6) is -4.31. The van der Waals surface area contributed by atoms with Crippen LogP contribution in [0.5, 0.6) is 0 Å². The van der Waals surface area contributed by atoms with Gasteiger partial charge in [0.05, 0.1) is 12.3 Å². The zero-order valence-electron chi connectivity index (χ0n) is 12.3. The van der Waals surface area contributed by atoms with E-state index >= 15 is 0 Å². The Morgan fingerprint density at radius 2 is 1.81 bits per heavy atom. The molecular formula is C14H22F3NO3. The van der Waals surface area contributed by atoms with Gasteiger partial charge in [-0.2, -0.15) is 13.2 Å². The van der Waals surface area contributed by atoms with E-state index in [-0.39, 0.29) is 31.8 Å². The van der Waals surface area contributed by atoms with Crippen LogP contribution in [0.4, 0.5) is 13.2 Å². The van der Waals surface area contributed by atoms with Crippen LogP contribution in [0, 0.1) is 11.8 Å². The zero-order chi connectivity index (χ0) is 16.2. The molecular weight excluding hydrogens is 287 g/mol. The van der Waals surface area contributed by atoms with Crippen LogP contribution in [0.2, 0.25) is 0 Å². The Kier molecular flexibility index (Phi) is 6.04. The van der Waals surface area contributed by atoms with Crippen molar-refractivity contribution in [2.24, 2.45) is 11.8 Å². The van der Waals surface area contributed by atoms with Gasteiger partial charge in [-0.05, 0) is 26.7 Å². The summed E-state index contributed by atoms with van der Waals surface area (Å²) >= 11 is 0. The molecule has 0 aromatic heterocycles. The van der Waals surface area contributed by atoms with Crippen LogP contribution in [-0.4, -0.2) is 40.6 Å². The fourth-order valence-corrected chi connectivity index (χ4v) is 2.87. The average Bonchev–Trinajstić information content (AvgIpc) is 2.37.